The summed E-state index contributed by atoms with van der Waals surface area (Å²) in [6.07, 6.45) is 0.844. The molecule has 1 saturated heterocycles. The van der Waals surface area contributed by atoms with Gasteiger partial charge in [0, 0.05) is 13.1 Å². The second kappa shape index (κ2) is 5.36. The number of alkyl halides is 1. The van der Waals surface area contributed by atoms with Crippen molar-refractivity contribution in [3.63, 3.8) is 0 Å². The van der Waals surface area contributed by atoms with Crippen LogP contribution in [0.4, 0.5) is 4.79 Å². The molecule has 16 heavy (non-hydrogen) atoms. The van der Waals surface area contributed by atoms with Crippen LogP contribution in [-0.4, -0.2) is 45.7 Å². The van der Waals surface area contributed by atoms with Crippen molar-refractivity contribution >= 4 is 22.0 Å². The fraction of sp³-hybridized carbons (Fsp3) is 0.909. The zero-order valence-corrected chi connectivity index (χ0v) is 11.7. The number of halogens is 1. The second-order valence-corrected chi connectivity index (χ2v) is 6.33. The van der Waals surface area contributed by atoms with Crippen LogP contribution >= 0.6 is 15.9 Å². The maximum absolute atomic E-state index is 11.8. The molecule has 2 atom stereocenters. The molecule has 94 valence electrons. The van der Waals surface area contributed by atoms with Gasteiger partial charge in [-0.05, 0) is 33.6 Å². The Balaban J connectivity index is 2.56. The Morgan fingerprint density at radius 2 is 2.12 bits per heavy atom. The Bertz CT molecular complexity index is 252. The van der Waals surface area contributed by atoms with Crippen molar-refractivity contribution in [1.29, 1.82) is 0 Å². The summed E-state index contributed by atoms with van der Waals surface area (Å²) in [7, 11) is 0. The lowest BCUT2D eigenvalue weighted by molar-refractivity contribution is 0.0255. The number of amides is 1. The van der Waals surface area contributed by atoms with E-state index in [-0.39, 0.29) is 17.0 Å². The Hall–Kier alpha value is -0.290. The maximum atomic E-state index is 11.8. The highest BCUT2D eigenvalue weighted by molar-refractivity contribution is 9.09. The van der Waals surface area contributed by atoms with Gasteiger partial charge in [-0.3, -0.25) is 0 Å². The second-order valence-electron chi connectivity index (χ2n) is 5.15. The zero-order chi connectivity index (χ0) is 12.3. The lowest BCUT2D eigenvalue weighted by Gasteiger charge is -2.27. The first kappa shape index (κ1) is 13.8. The lowest BCUT2D eigenvalue weighted by Crippen LogP contribution is -2.40. The van der Waals surface area contributed by atoms with Gasteiger partial charge in [0.15, 0.2) is 0 Å². The normalized spacial score (nSPS) is 27.4. The summed E-state index contributed by atoms with van der Waals surface area (Å²) < 4.78 is 5.30. The molecule has 0 radical (unpaired) electrons. The highest BCUT2D eigenvalue weighted by atomic mass is 79.9. The van der Waals surface area contributed by atoms with Crippen LogP contribution in [0.5, 0.6) is 0 Å². The third kappa shape index (κ3) is 4.29. The van der Waals surface area contributed by atoms with Crippen molar-refractivity contribution in [2.24, 2.45) is 0 Å². The average molecular weight is 294 g/mol. The van der Waals surface area contributed by atoms with E-state index in [2.05, 4.69) is 15.9 Å². The Morgan fingerprint density at radius 3 is 2.69 bits per heavy atom. The van der Waals surface area contributed by atoms with Crippen LogP contribution in [0, 0.1) is 0 Å². The van der Waals surface area contributed by atoms with Gasteiger partial charge in [-0.1, -0.05) is 15.9 Å². The number of ether oxygens (including phenoxy) is 1. The molecule has 0 aromatic heterocycles. The van der Waals surface area contributed by atoms with Crippen LogP contribution < -0.4 is 0 Å². The molecule has 1 fully saturated rings. The van der Waals surface area contributed by atoms with Crippen molar-refractivity contribution in [3.8, 4) is 0 Å². The smallest absolute Gasteiger partial charge is 0.410 e. The third-order valence-corrected chi connectivity index (χ3v) is 3.29. The van der Waals surface area contributed by atoms with Gasteiger partial charge >= 0.3 is 6.09 Å². The highest BCUT2D eigenvalue weighted by Gasteiger charge is 2.28. The van der Waals surface area contributed by atoms with Crippen molar-refractivity contribution in [2.45, 2.75) is 50.1 Å². The fourth-order valence-corrected chi connectivity index (χ4v) is 2.20. The predicted octanol–water partition coefficient (Wildman–Crippen LogP) is 2.14. The van der Waals surface area contributed by atoms with Crippen molar-refractivity contribution in [1.82, 2.24) is 4.90 Å². The number of likely N-dealkylation sites (tertiary alicyclic amines) is 1. The van der Waals surface area contributed by atoms with Gasteiger partial charge in [0.2, 0.25) is 0 Å². The molecular formula is C11H20BrNO3. The van der Waals surface area contributed by atoms with E-state index in [1.807, 2.05) is 20.8 Å². The van der Waals surface area contributed by atoms with Crippen LogP contribution in [-0.2, 0) is 4.74 Å². The van der Waals surface area contributed by atoms with Gasteiger partial charge in [0.25, 0.3) is 0 Å². The molecule has 1 heterocycles. The number of hydrogen-bond donors (Lipinski definition) is 1. The van der Waals surface area contributed by atoms with E-state index in [0.29, 0.717) is 13.1 Å². The summed E-state index contributed by atoms with van der Waals surface area (Å²) in [6, 6.07) is 0. The Kier molecular flexibility index (Phi) is 4.62. The molecule has 0 aliphatic carbocycles. The van der Waals surface area contributed by atoms with E-state index in [0.717, 1.165) is 12.8 Å². The molecule has 0 aromatic rings. The van der Waals surface area contributed by atoms with E-state index in [9.17, 15) is 9.90 Å². The van der Waals surface area contributed by atoms with E-state index in [1.54, 1.807) is 4.90 Å². The SMILES string of the molecule is CC(C)(C)OC(=O)N1CCCC(O)C(Br)C1. The molecule has 2 unspecified atom stereocenters. The van der Waals surface area contributed by atoms with Crippen LogP contribution in [0.25, 0.3) is 0 Å². The summed E-state index contributed by atoms with van der Waals surface area (Å²) in [5.74, 6) is 0. The van der Waals surface area contributed by atoms with Gasteiger partial charge < -0.3 is 14.7 Å². The highest BCUT2D eigenvalue weighted by Crippen LogP contribution is 2.19. The van der Waals surface area contributed by atoms with Gasteiger partial charge in [0.05, 0.1) is 10.9 Å². The topological polar surface area (TPSA) is 49.8 Å². The zero-order valence-electron chi connectivity index (χ0n) is 10.1. The van der Waals surface area contributed by atoms with Crippen LogP contribution in [0.1, 0.15) is 33.6 Å². The standard InChI is InChI=1S/C11H20BrNO3/c1-11(2,3)16-10(15)13-6-4-5-9(14)8(12)7-13/h8-9,14H,4-7H2,1-3H3. The number of aliphatic hydroxyl groups excluding tert-OH is 1. The minimum atomic E-state index is -0.468. The monoisotopic (exact) mass is 293 g/mol. The molecule has 0 bridgehead atoms. The summed E-state index contributed by atoms with van der Waals surface area (Å²) in [5, 5.41) is 9.66. The minimum absolute atomic E-state index is 0.0671. The molecule has 4 nitrogen and oxygen atoms in total. The molecule has 1 rings (SSSR count). The number of aliphatic hydroxyl groups is 1. The summed E-state index contributed by atoms with van der Waals surface area (Å²) in [5.41, 5.74) is -0.468. The van der Waals surface area contributed by atoms with Crippen LogP contribution in [0.15, 0.2) is 0 Å². The number of hydrogen-bond acceptors (Lipinski definition) is 3. The number of rotatable bonds is 0. The molecule has 1 aliphatic rings. The average Bonchev–Trinajstić information content (AvgIpc) is 2.27. The number of carbonyl (C=O) groups excluding carboxylic acids is 1. The number of nitrogens with zero attached hydrogens (tertiary/aromatic N) is 1. The van der Waals surface area contributed by atoms with Crippen molar-refractivity contribution in [2.75, 3.05) is 13.1 Å². The first-order chi connectivity index (χ1) is 7.29. The molecule has 0 spiro atoms. The maximum Gasteiger partial charge on any atom is 0.410 e. The van der Waals surface area contributed by atoms with E-state index >= 15 is 0 Å². The summed E-state index contributed by atoms with van der Waals surface area (Å²) in [4.78, 5) is 13.4. The number of carbonyl (C=O) groups is 1. The van der Waals surface area contributed by atoms with E-state index in [4.69, 9.17) is 4.74 Å². The Morgan fingerprint density at radius 1 is 1.50 bits per heavy atom. The first-order valence-electron chi connectivity index (χ1n) is 5.59. The fourth-order valence-electron chi connectivity index (χ4n) is 1.59. The largest absolute Gasteiger partial charge is 0.444 e. The third-order valence-electron chi connectivity index (χ3n) is 2.39. The summed E-state index contributed by atoms with van der Waals surface area (Å²) in [6.45, 7) is 6.69. The minimum Gasteiger partial charge on any atom is -0.444 e. The van der Waals surface area contributed by atoms with Crippen LogP contribution in [0.2, 0.25) is 0 Å². The van der Waals surface area contributed by atoms with Gasteiger partial charge in [-0.15, -0.1) is 0 Å². The Labute approximate surface area is 105 Å². The summed E-state index contributed by atoms with van der Waals surface area (Å²) >= 11 is 3.39. The molecule has 5 heteroatoms. The van der Waals surface area contributed by atoms with Crippen molar-refractivity contribution < 1.29 is 14.6 Å². The molecule has 1 amide bonds. The van der Waals surface area contributed by atoms with E-state index in [1.165, 1.54) is 0 Å². The molecule has 1 aliphatic heterocycles. The van der Waals surface area contributed by atoms with E-state index < -0.39 is 5.60 Å². The van der Waals surface area contributed by atoms with Crippen molar-refractivity contribution in [3.05, 3.63) is 0 Å². The van der Waals surface area contributed by atoms with Crippen LogP contribution in [0.3, 0.4) is 0 Å². The van der Waals surface area contributed by atoms with Gasteiger partial charge in [-0.25, -0.2) is 4.79 Å². The van der Waals surface area contributed by atoms with Gasteiger partial charge in [-0.2, -0.15) is 0 Å². The molecule has 1 N–H and O–H groups in total. The predicted molar refractivity (Wildman–Crippen MR) is 65.8 cm³/mol. The molecule has 0 aromatic carbocycles. The first-order valence-corrected chi connectivity index (χ1v) is 6.51. The quantitative estimate of drug-likeness (QED) is 0.696. The lowest BCUT2D eigenvalue weighted by atomic mass is 10.2. The molecule has 0 saturated carbocycles. The molecular weight excluding hydrogens is 274 g/mol. The van der Waals surface area contributed by atoms with Gasteiger partial charge in [0.1, 0.15) is 5.60 Å².